The molecule has 0 radical (unpaired) electrons. The lowest BCUT2D eigenvalue weighted by atomic mass is 9.89. The van der Waals surface area contributed by atoms with Crippen molar-refractivity contribution in [2.75, 3.05) is 32.9 Å². The molecule has 0 aliphatic carbocycles. The van der Waals surface area contributed by atoms with Gasteiger partial charge in [-0.05, 0) is 61.4 Å². The summed E-state index contributed by atoms with van der Waals surface area (Å²) in [7, 11) is -0.0810. The lowest BCUT2D eigenvalue weighted by Gasteiger charge is -2.34. The second kappa shape index (κ2) is 10.5. The van der Waals surface area contributed by atoms with Crippen molar-refractivity contribution in [3.8, 4) is 0 Å². The summed E-state index contributed by atoms with van der Waals surface area (Å²) in [4.78, 5) is 31.2. The standard InChI is InChI=1S/C27H34N4O4S/c1-20-19-23(25(32)30(2)3)11-10-22(20)13-18-36(34,35)31-16-14-27(15-17-31)26(33)28-24(29-27)12-9-21-7-5-4-6-8-21/h4-8,10-11,19H,9,12-18H2,1-3H3,(H,28,29,33). The quantitative estimate of drug-likeness (QED) is 0.590. The summed E-state index contributed by atoms with van der Waals surface area (Å²) in [6, 6.07) is 15.4. The van der Waals surface area contributed by atoms with Crippen molar-refractivity contribution in [2.24, 2.45) is 4.99 Å². The molecule has 9 heteroatoms. The number of hydrogen-bond acceptors (Lipinski definition) is 5. The maximum atomic E-state index is 13.1. The van der Waals surface area contributed by atoms with Crippen LogP contribution in [0.3, 0.4) is 0 Å². The first-order valence-electron chi connectivity index (χ1n) is 12.3. The average Bonchev–Trinajstić information content (AvgIpc) is 3.16. The fraction of sp³-hybridized carbons (Fsp3) is 0.444. The molecule has 0 saturated carbocycles. The molecule has 0 aromatic heterocycles. The Bertz CT molecular complexity index is 1260. The third-order valence-corrected chi connectivity index (χ3v) is 8.96. The first kappa shape index (κ1) is 26.0. The molecule has 1 saturated heterocycles. The van der Waals surface area contributed by atoms with Crippen LogP contribution in [0.4, 0.5) is 0 Å². The van der Waals surface area contributed by atoms with Crippen LogP contribution in [0.2, 0.25) is 0 Å². The van der Waals surface area contributed by atoms with Crippen molar-refractivity contribution in [2.45, 2.75) is 44.6 Å². The summed E-state index contributed by atoms with van der Waals surface area (Å²) >= 11 is 0. The highest BCUT2D eigenvalue weighted by Crippen LogP contribution is 2.32. The van der Waals surface area contributed by atoms with Gasteiger partial charge >= 0.3 is 0 Å². The third-order valence-electron chi connectivity index (χ3n) is 7.09. The number of nitrogens with one attached hydrogen (secondary N) is 1. The van der Waals surface area contributed by atoms with Gasteiger partial charge in [-0.3, -0.25) is 14.6 Å². The van der Waals surface area contributed by atoms with Crippen LogP contribution in [0.1, 0.15) is 46.3 Å². The Morgan fingerprint density at radius 2 is 1.75 bits per heavy atom. The number of aryl methyl sites for hydroxylation is 3. The van der Waals surface area contributed by atoms with Gasteiger partial charge in [-0.25, -0.2) is 12.7 Å². The minimum absolute atomic E-state index is 0.0143. The van der Waals surface area contributed by atoms with Crippen LogP contribution in [-0.4, -0.2) is 73.7 Å². The van der Waals surface area contributed by atoms with Crippen LogP contribution in [0.5, 0.6) is 0 Å². The Balaban J connectivity index is 1.34. The van der Waals surface area contributed by atoms with E-state index in [9.17, 15) is 18.0 Å². The maximum Gasteiger partial charge on any atom is 0.253 e. The minimum Gasteiger partial charge on any atom is -0.345 e. The number of aliphatic imine (C=N–C) groups is 1. The molecule has 2 heterocycles. The SMILES string of the molecule is Cc1cc(C(=O)N(C)C)ccc1CCS(=O)(=O)N1CCC2(CC1)N=C(CCc1ccccc1)NC2=O. The van der Waals surface area contributed by atoms with E-state index >= 15 is 0 Å². The Kier molecular flexibility index (Phi) is 7.61. The zero-order chi connectivity index (χ0) is 25.9. The molecule has 2 amide bonds. The van der Waals surface area contributed by atoms with Gasteiger partial charge in [-0.2, -0.15) is 0 Å². The van der Waals surface area contributed by atoms with E-state index in [1.54, 1.807) is 26.2 Å². The number of nitrogens with zero attached hydrogens (tertiary/aromatic N) is 3. The largest absolute Gasteiger partial charge is 0.345 e. The van der Waals surface area contributed by atoms with E-state index < -0.39 is 15.6 Å². The Hall–Kier alpha value is -3.04. The van der Waals surface area contributed by atoms with Gasteiger partial charge in [0.15, 0.2) is 0 Å². The summed E-state index contributed by atoms with van der Waals surface area (Å²) in [5.74, 6) is 0.471. The molecule has 4 rings (SSSR count). The number of carbonyl (C=O) groups is 2. The molecule has 1 spiro atoms. The van der Waals surface area contributed by atoms with Gasteiger partial charge in [0, 0.05) is 39.2 Å². The van der Waals surface area contributed by atoms with E-state index in [2.05, 4.69) is 17.4 Å². The summed E-state index contributed by atoms with van der Waals surface area (Å²) in [6.45, 7) is 2.45. The van der Waals surface area contributed by atoms with Crippen molar-refractivity contribution in [3.05, 3.63) is 70.8 Å². The average molecular weight is 511 g/mol. The Morgan fingerprint density at radius 3 is 2.39 bits per heavy atom. The first-order valence-corrected chi connectivity index (χ1v) is 13.9. The monoisotopic (exact) mass is 510 g/mol. The predicted octanol–water partition coefficient (Wildman–Crippen LogP) is 2.56. The van der Waals surface area contributed by atoms with E-state index in [0.29, 0.717) is 37.1 Å². The molecule has 8 nitrogen and oxygen atoms in total. The molecular formula is C27H34N4O4S. The van der Waals surface area contributed by atoms with E-state index in [-0.39, 0.29) is 30.7 Å². The molecule has 1 fully saturated rings. The number of amides is 2. The smallest absolute Gasteiger partial charge is 0.253 e. The highest BCUT2D eigenvalue weighted by molar-refractivity contribution is 7.89. The number of rotatable bonds is 8. The number of sulfonamides is 1. The highest BCUT2D eigenvalue weighted by Gasteiger charge is 2.47. The zero-order valence-electron chi connectivity index (χ0n) is 21.2. The molecule has 0 bridgehead atoms. The molecule has 2 aromatic rings. The molecule has 36 heavy (non-hydrogen) atoms. The molecular weight excluding hydrogens is 476 g/mol. The van der Waals surface area contributed by atoms with Gasteiger partial charge in [0.1, 0.15) is 11.4 Å². The maximum absolute atomic E-state index is 13.1. The van der Waals surface area contributed by atoms with Crippen molar-refractivity contribution < 1.29 is 18.0 Å². The van der Waals surface area contributed by atoms with Crippen LogP contribution in [-0.2, 0) is 27.7 Å². The summed E-state index contributed by atoms with van der Waals surface area (Å²) in [5.41, 5.74) is 2.72. The molecule has 1 N–H and O–H groups in total. The molecule has 2 aliphatic heterocycles. The minimum atomic E-state index is -3.48. The van der Waals surface area contributed by atoms with Gasteiger partial charge in [-0.15, -0.1) is 0 Å². The van der Waals surface area contributed by atoms with E-state index in [1.807, 2.05) is 31.2 Å². The molecule has 192 valence electrons. The highest BCUT2D eigenvalue weighted by atomic mass is 32.2. The van der Waals surface area contributed by atoms with Crippen LogP contribution in [0.25, 0.3) is 0 Å². The van der Waals surface area contributed by atoms with E-state index in [0.717, 1.165) is 17.5 Å². The molecule has 0 unspecified atom stereocenters. The number of hydrogen-bond donors (Lipinski definition) is 1. The number of carbonyl (C=O) groups excluding carboxylic acids is 2. The van der Waals surface area contributed by atoms with Gasteiger partial charge in [-0.1, -0.05) is 36.4 Å². The lowest BCUT2D eigenvalue weighted by Crippen LogP contribution is -2.50. The number of amidine groups is 1. The summed E-state index contributed by atoms with van der Waals surface area (Å²) in [6.07, 6.45) is 2.58. The van der Waals surface area contributed by atoms with Gasteiger partial charge in [0.25, 0.3) is 11.8 Å². The fourth-order valence-corrected chi connectivity index (χ4v) is 6.29. The second-order valence-corrected chi connectivity index (χ2v) is 11.9. The summed E-state index contributed by atoms with van der Waals surface area (Å²) < 4.78 is 27.6. The van der Waals surface area contributed by atoms with Gasteiger partial charge in [0.2, 0.25) is 10.0 Å². The lowest BCUT2D eigenvalue weighted by molar-refractivity contribution is -0.124. The van der Waals surface area contributed by atoms with Crippen LogP contribution in [0.15, 0.2) is 53.5 Å². The molecule has 2 aromatic carbocycles. The summed E-state index contributed by atoms with van der Waals surface area (Å²) in [5, 5.41) is 2.93. The van der Waals surface area contributed by atoms with E-state index in [4.69, 9.17) is 4.99 Å². The normalized spacial score (nSPS) is 17.6. The second-order valence-electron chi connectivity index (χ2n) is 9.84. The number of benzene rings is 2. The zero-order valence-corrected chi connectivity index (χ0v) is 22.0. The topological polar surface area (TPSA) is 99.2 Å². The first-order chi connectivity index (χ1) is 17.1. The van der Waals surface area contributed by atoms with E-state index in [1.165, 1.54) is 14.8 Å². The van der Waals surface area contributed by atoms with Crippen molar-refractivity contribution >= 4 is 27.7 Å². The predicted molar refractivity (Wildman–Crippen MR) is 141 cm³/mol. The number of piperidine rings is 1. The van der Waals surface area contributed by atoms with Crippen molar-refractivity contribution in [3.63, 3.8) is 0 Å². The Morgan fingerprint density at radius 1 is 1.06 bits per heavy atom. The van der Waals surface area contributed by atoms with Gasteiger partial charge in [0.05, 0.1) is 5.75 Å². The third kappa shape index (κ3) is 5.68. The van der Waals surface area contributed by atoms with Crippen LogP contribution < -0.4 is 5.32 Å². The van der Waals surface area contributed by atoms with Gasteiger partial charge < -0.3 is 10.2 Å². The van der Waals surface area contributed by atoms with Crippen LogP contribution >= 0.6 is 0 Å². The Labute approximate surface area is 213 Å². The van der Waals surface area contributed by atoms with Crippen molar-refractivity contribution in [1.82, 2.24) is 14.5 Å². The van der Waals surface area contributed by atoms with Crippen molar-refractivity contribution in [1.29, 1.82) is 0 Å². The fourth-order valence-electron chi connectivity index (χ4n) is 4.82. The van der Waals surface area contributed by atoms with Crippen LogP contribution in [0, 0.1) is 6.92 Å². The molecule has 0 atom stereocenters. The molecule has 2 aliphatic rings.